The molecule has 2 fully saturated rings. The number of aliphatic hydroxyl groups excluding tert-OH is 1. The molecule has 0 aliphatic heterocycles. The second kappa shape index (κ2) is 2.78. The van der Waals surface area contributed by atoms with Gasteiger partial charge in [-0.3, -0.25) is 0 Å². The Morgan fingerprint density at radius 1 is 1.18 bits per heavy atom. The second-order valence-corrected chi connectivity index (χ2v) is 4.48. The minimum atomic E-state index is 0.404. The van der Waals surface area contributed by atoms with Crippen molar-refractivity contribution in [3.05, 3.63) is 0 Å². The van der Waals surface area contributed by atoms with Crippen LogP contribution >= 0.6 is 0 Å². The molecule has 0 spiro atoms. The predicted molar refractivity (Wildman–Crippen MR) is 45.2 cm³/mol. The van der Waals surface area contributed by atoms with Crippen molar-refractivity contribution in [2.24, 2.45) is 23.7 Å². The summed E-state index contributed by atoms with van der Waals surface area (Å²) in [5.74, 6) is 3.97. The van der Waals surface area contributed by atoms with Crippen LogP contribution in [-0.4, -0.2) is 11.7 Å². The highest BCUT2D eigenvalue weighted by Gasteiger charge is 2.43. The van der Waals surface area contributed by atoms with Crippen LogP contribution in [-0.2, 0) is 0 Å². The lowest BCUT2D eigenvalue weighted by Gasteiger charge is -1.95. The number of rotatable bonds is 4. The predicted octanol–water partition coefficient (Wildman–Crippen LogP) is 2.05. The van der Waals surface area contributed by atoms with Gasteiger partial charge in [-0.25, -0.2) is 0 Å². The lowest BCUT2D eigenvalue weighted by Crippen LogP contribution is -1.89. The van der Waals surface area contributed by atoms with Gasteiger partial charge in [0.05, 0.1) is 0 Å². The average Bonchev–Trinajstić information content (AvgIpc) is 2.80. The molecular weight excluding hydrogens is 136 g/mol. The molecule has 1 nitrogen and oxygen atoms in total. The van der Waals surface area contributed by atoms with E-state index in [1.807, 2.05) is 0 Å². The van der Waals surface area contributed by atoms with Gasteiger partial charge >= 0.3 is 0 Å². The van der Waals surface area contributed by atoms with Crippen molar-refractivity contribution in [3.8, 4) is 0 Å². The molecule has 1 heteroatoms. The Hall–Kier alpha value is -0.0400. The fourth-order valence-corrected chi connectivity index (χ4v) is 2.23. The summed E-state index contributed by atoms with van der Waals surface area (Å²) in [5, 5.41) is 8.70. The molecule has 0 radical (unpaired) electrons. The van der Waals surface area contributed by atoms with Gasteiger partial charge in [0.1, 0.15) is 0 Å². The van der Waals surface area contributed by atoms with E-state index in [2.05, 4.69) is 6.92 Å². The van der Waals surface area contributed by atoms with Crippen LogP contribution in [0.3, 0.4) is 0 Å². The highest BCUT2D eigenvalue weighted by molar-refractivity contribution is 4.93. The summed E-state index contributed by atoms with van der Waals surface area (Å²) in [6.07, 6.45) is 5.41. The highest BCUT2D eigenvalue weighted by atomic mass is 16.3. The molecule has 0 bridgehead atoms. The van der Waals surface area contributed by atoms with Gasteiger partial charge < -0.3 is 5.11 Å². The maximum Gasteiger partial charge on any atom is 0.0433 e. The monoisotopic (exact) mass is 154 g/mol. The van der Waals surface area contributed by atoms with Crippen LogP contribution in [0.25, 0.3) is 0 Å². The smallest absolute Gasteiger partial charge is 0.0433 e. The summed E-state index contributed by atoms with van der Waals surface area (Å²) in [4.78, 5) is 0. The Morgan fingerprint density at radius 2 is 1.91 bits per heavy atom. The van der Waals surface area contributed by atoms with Crippen molar-refractivity contribution in [1.29, 1.82) is 0 Å². The summed E-state index contributed by atoms with van der Waals surface area (Å²) < 4.78 is 0. The normalized spacial score (nSPS) is 47.5. The van der Waals surface area contributed by atoms with E-state index in [0.717, 1.165) is 30.1 Å². The van der Waals surface area contributed by atoms with Crippen LogP contribution in [0.15, 0.2) is 0 Å². The lowest BCUT2D eigenvalue weighted by atomic mass is 10.1. The van der Waals surface area contributed by atoms with Crippen LogP contribution in [0.2, 0.25) is 0 Å². The molecule has 64 valence electrons. The highest BCUT2D eigenvalue weighted by Crippen LogP contribution is 2.52. The first kappa shape index (κ1) is 7.60. The second-order valence-electron chi connectivity index (χ2n) is 4.48. The first-order chi connectivity index (χ1) is 5.31. The zero-order valence-electron chi connectivity index (χ0n) is 7.29. The molecule has 2 rings (SSSR count). The molecule has 1 N–H and O–H groups in total. The summed E-state index contributed by atoms with van der Waals surface area (Å²) in [6, 6.07) is 0. The summed E-state index contributed by atoms with van der Waals surface area (Å²) >= 11 is 0. The third kappa shape index (κ3) is 1.76. The van der Waals surface area contributed by atoms with Crippen LogP contribution < -0.4 is 0 Å². The fraction of sp³-hybridized carbons (Fsp3) is 1.00. The Bertz CT molecular complexity index is 144. The maximum absolute atomic E-state index is 8.70. The van der Waals surface area contributed by atoms with E-state index in [1.54, 1.807) is 0 Å². The number of hydrogen-bond acceptors (Lipinski definition) is 1. The summed E-state index contributed by atoms with van der Waals surface area (Å²) in [6.45, 7) is 2.76. The first-order valence-electron chi connectivity index (χ1n) is 4.92. The third-order valence-corrected chi connectivity index (χ3v) is 3.45. The van der Waals surface area contributed by atoms with Gasteiger partial charge in [0.15, 0.2) is 0 Å². The Kier molecular flexibility index (Phi) is 1.92. The quantitative estimate of drug-likeness (QED) is 0.657. The van der Waals surface area contributed by atoms with E-state index < -0.39 is 0 Å². The zero-order valence-corrected chi connectivity index (χ0v) is 7.29. The topological polar surface area (TPSA) is 20.2 Å². The van der Waals surface area contributed by atoms with Gasteiger partial charge in [0.2, 0.25) is 0 Å². The molecule has 0 aromatic rings. The lowest BCUT2D eigenvalue weighted by molar-refractivity contribution is 0.276. The van der Waals surface area contributed by atoms with Gasteiger partial charge in [-0.1, -0.05) is 6.92 Å². The number of hydrogen-bond donors (Lipinski definition) is 1. The zero-order chi connectivity index (χ0) is 7.84. The van der Waals surface area contributed by atoms with Gasteiger partial charge in [-0.05, 0) is 49.4 Å². The van der Waals surface area contributed by atoms with Gasteiger partial charge in [0.25, 0.3) is 0 Å². The van der Waals surface area contributed by atoms with E-state index in [1.165, 1.54) is 19.3 Å². The van der Waals surface area contributed by atoms with Crippen LogP contribution in [0.1, 0.15) is 32.6 Å². The standard InChI is InChI=1S/C10H18O/c1-7-4-9(7)6-10-5-8(10)2-3-11/h7-11H,2-6H2,1H3. The molecule has 11 heavy (non-hydrogen) atoms. The SMILES string of the molecule is CC1CC1CC1CC1CCO. The van der Waals surface area contributed by atoms with Gasteiger partial charge in [0, 0.05) is 6.61 Å². The van der Waals surface area contributed by atoms with E-state index in [9.17, 15) is 0 Å². The van der Waals surface area contributed by atoms with E-state index in [0.29, 0.717) is 6.61 Å². The summed E-state index contributed by atoms with van der Waals surface area (Å²) in [7, 11) is 0. The van der Waals surface area contributed by atoms with Gasteiger partial charge in [-0.15, -0.1) is 0 Å². The molecule has 4 unspecified atom stereocenters. The van der Waals surface area contributed by atoms with E-state index in [-0.39, 0.29) is 0 Å². The van der Waals surface area contributed by atoms with Crippen LogP contribution in [0, 0.1) is 23.7 Å². The molecule has 0 amide bonds. The summed E-state index contributed by atoms with van der Waals surface area (Å²) in [5.41, 5.74) is 0. The van der Waals surface area contributed by atoms with Crippen molar-refractivity contribution < 1.29 is 5.11 Å². The Labute approximate surface area is 68.8 Å². The minimum absolute atomic E-state index is 0.404. The molecule has 0 heterocycles. The molecule has 2 saturated carbocycles. The van der Waals surface area contributed by atoms with Crippen LogP contribution in [0.4, 0.5) is 0 Å². The molecule has 0 aromatic heterocycles. The van der Waals surface area contributed by atoms with E-state index >= 15 is 0 Å². The Balaban J connectivity index is 1.60. The molecule has 0 aromatic carbocycles. The molecule has 0 saturated heterocycles. The van der Waals surface area contributed by atoms with E-state index in [4.69, 9.17) is 5.11 Å². The largest absolute Gasteiger partial charge is 0.396 e. The number of aliphatic hydroxyl groups is 1. The molecule has 4 atom stereocenters. The van der Waals surface area contributed by atoms with Crippen molar-refractivity contribution in [2.45, 2.75) is 32.6 Å². The average molecular weight is 154 g/mol. The van der Waals surface area contributed by atoms with Crippen molar-refractivity contribution in [2.75, 3.05) is 6.61 Å². The van der Waals surface area contributed by atoms with Crippen molar-refractivity contribution in [1.82, 2.24) is 0 Å². The van der Waals surface area contributed by atoms with Crippen molar-refractivity contribution in [3.63, 3.8) is 0 Å². The maximum atomic E-state index is 8.70. The van der Waals surface area contributed by atoms with Crippen LogP contribution in [0.5, 0.6) is 0 Å². The minimum Gasteiger partial charge on any atom is -0.396 e. The first-order valence-corrected chi connectivity index (χ1v) is 4.92. The third-order valence-electron chi connectivity index (χ3n) is 3.45. The molecule has 2 aliphatic carbocycles. The van der Waals surface area contributed by atoms with Gasteiger partial charge in [-0.2, -0.15) is 0 Å². The molecule has 2 aliphatic rings. The Morgan fingerprint density at radius 3 is 2.45 bits per heavy atom. The van der Waals surface area contributed by atoms with Crippen molar-refractivity contribution >= 4 is 0 Å². The fourth-order valence-electron chi connectivity index (χ4n) is 2.23. The molecular formula is C10H18O.